The highest BCUT2D eigenvalue weighted by molar-refractivity contribution is 7.15. The normalized spacial score (nSPS) is 25.1. The summed E-state index contributed by atoms with van der Waals surface area (Å²) < 4.78 is 5.63. The third-order valence-electron chi connectivity index (χ3n) is 2.63. The summed E-state index contributed by atoms with van der Waals surface area (Å²) in [6.07, 6.45) is 0.343. The van der Waals surface area contributed by atoms with Crippen molar-refractivity contribution in [2.45, 2.75) is 33.0 Å². The molecule has 0 unspecified atom stereocenters. The van der Waals surface area contributed by atoms with E-state index in [1.54, 1.807) is 0 Å². The third kappa shape index (κ3) is 3.72. The van der Waals surface area contributed by atoms with Gasteiger partial charge in [0.1, 0.15) is 5.01 Å². The van der Waals surface area contributed by atoms with Gasteiger partial charge in [0.05, 0.1) is 18.8 Å². The predicted octanol–water partition coefficient (Wildman–Crippen LogP) is 0.894. The second-order valence-corrected chi connectivity index (χ2v) is 5.81. The molecule has 1 saturated heterocycles. The fraction of sp³-hybridized carbons (Fsp3) is 0.727. The largest absolute Gasteiger partial charge is 0.373 e. The molecule has 1 aliphatic heterocycles. The standard InChI is InChI=1S/C11H18N4O2S/c1-7-4-15(5-8(2)17-7)6-10(16)12-11-14-13-9(3)18-11/h7-8H,4-6H2,1-3H3,(H,12,14,16)/t7-,8-/m1/s1. The van der Waals surface area contributed by atoms with Gasteiger partial charge in [0, 0.05) is 13.1 Å². The Morgan fingerprint density at radius 3 is 2.67 bits per heavy atom. The molecule has 1 N–H and O–H groups in total. The summed E-state index contributed by atoms with van der Waals surface area (Å²) in [6, 6.07) is 0. The van der Waals surface area contributed by atoms with Gasteiger partial charge < -0.3 is 4.74 Å². The van der Waals surface area contributed by atoms with Gasteiger partial charge in [-0.2, -0.15) is 0 Å². The van der Waals surface area contributed by atoms with Gasteiger partial charge in [-0.3, -0.25) is 15.0 Å². The highest BCUT2D eigenvalue weighted by Gasteiger charge is 2.23. The van der Waals surface area contributed by atoms with Gasteiger partial charge in [-0.25, -0.2) is 0 Å². The van der Waals surface area contributed by atoms with E-state index in [0.29, 0.717) is 11.7 Å². The number of anilines is 1. The van der Waals surface area contributed by atoms with E-state index in [-0.39, 0.29) is 18.1 Å². The van der Waals surface area contributed by atoms with Crippen molar-refractivity contribution >= 4 is 22.4 Å². The third-order valence-corrected chi connectivity index (χ3v) is 3.39. The zero-order chi connectivity index (χ0) is 13.1. The van der Waals surface area contributed by atoms with E-state index in [2.05, 4.69) is 20.4 Å². The Morgan fingerprint density at radius 1 is 1.44 bits per heavy atom. The molecule has 1 aromatic rings. The second-order valence-electron chi connectivity index (χ2n) is 4.63. The molecule has 0 bridgehead atoms. The Labute approximate surface area is 110 Å². The van der Waals surface area contributed by atoms with Gasteiger partial charge in [-0.1, -0.05) is 11.3 Å². The van der Waals surface area contributed by atoms with Crippen LogP contribution in [0.5, 0.6) is 0 Å². The quantitative estimate of drug-likeness (QED) is 0.883. The van der Waals surface area contributed by atoms with E-state index in [4.69, 9.17) is 4.74 Å². The van der Waals surface area contributed by atoms with Crippen LogP contribution in [-0.2, 0) is 9.53 Å². The number of hydrogen-bond donors (Lipinski definition) is 1. The Hall–Kier alpha value is -1.05. The molecule has 7 heteroatoms. The average molecular weight is 270 g/mol. The number of rotatable bonds is 3. The lowest BCUT2D eigenvalue weighted by Crippen LogP contribution is -2.48. The lowest BCUT2D eigenvalue weighted by Gasteiger charge is -2.34. The molecule has 1 fully saturated rings. The highest BCUT2D eigenvalue weighted by atomic mass is 32.1. The highest BCUT2D eigenvalue weighted by Crippen LogP contribution is 2.14. The number of aryl methyl sites for hydroxylation is 1. The van der Waals surface area contributed by atoms with E-state index < -0.39 is 0 Å². The van der Waals surface area contributed by atoms with Gasteiger partial charge in [0.2, 0.25) is 11.0 Å². The molecular formula is C11H18N4O2S. The molecule has 0 aliphatic carbocycles. The average Bonchev–Trinajstić information content (AvgIpc) is 2.61. The molecule has 1 amide bonds. The topological polar surface area (TPSA) is 67.4 Å². The van der Waals surface area contributed by atoms with Crippen molar-refractivity contribution in [2.24, 2.45) is 0 Å². The van der Waals surface area contributed by atoms with Gasteiger partial charge in [-0.15, -0.1) is 10.2 Å². The molecule has 6 nitrogen and oxygen atoms in total. The number of nitrogens with zero attached hydrogens (tertiary/aromatic N) is 3. The van der Waals surface area contributed by atoms with E-state index >= 15 is 0 Å². The molecule has 2 heterocycles. The first kappa shape index (κ1) is 13.4. The fourth-order valence-electron chi connectivity index (χ4n) is 2.12. The number of morpholine rings is 1. The Kier molecular flexibility index (Phi) is 4.26. The van der Waals surface area contributed by atoms with Crippen molar-refractivity contribution in [3.63, 3.8) is 0 Å². The minimum Gasteiger partial charge on any atom is -0.373 e. The van der Waals surface area contributed by atoms with Crippen molar-refractivity contribution in [3.8, 4) is 0 Å². The summed E-state index contributed by atoms with van der Waals surface area (Å²) in [6.45, 7) is 7.85. The summed E-state index contributed by atoms with van der Waals surface area (Å²) in [7, 11) is 0. The summed E-state index contributed by atoms with van der Waals surface area (Å²) in [5.41, 5.74) is 0. The zero-order valence-electron chi connectivity index (χ0n) is 10.8. The number of carbonyl (C=O) groups is 1. The summed E-state index contributed by atoms with van der Waals surface area (Å²) in [5, 5.41) is 11.9. The molecule has 0 aromatic carbocycles. The van der Waals surface area contributed by atoms with E-state index in [1.165, 1.54) is 11.3 Å². The van der Waals surface area contributed by atoms with E-state index in [9.17, 15) is 4.79 Å². The minimum absolute atomic E-state index is 0.0487. The minimum atomic E-state index is -0.0487. The predicted molar refractivity (Wildman–Crippen MR) is 69.7 cm³/mol. The first-order valence-electron chi connectivity index (χ1n) is 6.00. The van der Waals surface area contributed by atoms with Gasteiger partial charge in [0.15, 0.2) is 0 Å². The van der Waals surface area contributed by atoms with Crippen molar-refractivity contribution in [1.82, 2.24) is 15.1 Å². The molecule has 0 saturated carbocycles. The molecule has 2 atom stereocenters. The molecule has 0 spiro atoms. The number of amides is 1. The molecule has 1 aliphatic rings. The van der Waals surface area contributed by atoms with Crippen molar-refractivity contribution in [2.75, 3.05) is 25.0 Å². The molecule has 1 aromatic heterocycles. The van der Waals surface area contributed by atoms with Gasteiger partial charge in [-0.05, 0) is 20.8 Å². The van der Waals surface area contributed by atoms with Crippen molar-refractivity contribution < 1.29 is 9.53 Å². The SMILES string of the molecule is Cc1nnc(NC(=O)CN2C[C@@H](C)O[C@H](C)C2)s1. The van der Waals surface area contributed by atoms with Crippen LogP contribution >= 0.6 is 11.3 Å². The summed E-state index contributed by atoms with van der Waals surface area (Å²) in [5.74, 6) is -0.0487. The van der Waals surface area contributed by atoms with Crippen LogP contribution in [0.15, 0.2) is 0 Å². The zero-order valence-corrected chi connectivity index (χ0v) is 11.7. The lowest BCUT2D eigenvalue weighted by atomic mass is 10.2. The first-order valence-corrected chi connectivity index (χ1v) is 6.82. The number of nitrogens with one attached hydrogen (secondary N) is 1. The van der Waals surface area contributed by atoms with Crippen LogP contribution in [0.3, 0.4) is 0 Å². The van der Waals surface area contributed by atoms with Crippen LogP contribution in [0, 0.1) is 6.92 Å². The van der Waals surface area contributed by atoms with Gasteiger partial charge in [0.25, 0.3) is 0 Å². The number of ether oxygens (including phenoxy) is 1. The fourth-order valence-corrected chi connectivity index (χ4v) is 2.73. The smallest absolute Gasteiger partial charge is 0.240 e. The van der Waals surface area contributed by atoms with E-state index in [0.717, 1.165) is 18.1 Å². The maximum absolute atomic E-state index is 11.8. The first-order chi connectivity index (χ1) is 8.52. The lowest BCUT2D eigenvalue weighted by molar-refractivity contribution is -0.121. The maximum atomic E-state index is 11.8. The monoisotopic (exact) mass is 270 g/mol. The molecular weight excluding hydrogens is 252 g/mol. The maximum Gasteiger partial charge on any atom is 0.240 e. The molecule has 100 valence electrons. The number of carbonyl (C=O) groups excluding carboxylic acids is 1. The van der Waals surface area contributed by atoms with Crippen molar-refractivity contribution in [1.29, 1.82) is 0 Å². The van der Waals surface area contributed by atoms with Crippen LogP contribution in [-0.4, -0.2) is 52.8 Å². The van der Waals surface area contributed by atoms with Crippen LogP contribution in [0.2, 0.25) is 0 Å². The van der Waals surface area contributed by atoms with Crippen LogP contribution in [0.1, 0.15) is 18.9 Å². The molecule has 0 radical (unpaired) electrons. The van der Waals surface area contributed by atoms with Gasteiger partial charge >= 0.3 is 0 Å². The van der Waals surface area contributed by atoms with Crippen LogP contribution < -0.4 is 5.32 Å². The Morgan fingerprint density at radius 2 is 2.11 bits per heavy atom. The number of hydrogen-bond acceptors (Lipinski definition) is 6. The van der Waals surface area contributed by atoms with Crippen LogP contribution in [0.4, 0.5) is 5.13 Å². The molecule has 18 heavy (non-hydrogen) atoms. The summed E-state index contributed by atoms with van der Waals surface area (Å²) >= 11 is 1.38. The van der Waals surface area contributed by atoms with E-state index in [1.807, 2.05) is 20.8 Å². The van der Waals surface area contributed by atoms with Crippen LogP contribution in [0.25, 0.3) is 0 Å². The Bertz CT molecular complexity index is 413. The second kappa shape index (κ2) is 5.73. The molecule has 2 rings (SSSR count). The van der Waals surface area contributed by atoms with Crippen molar-refractivity contribution in [3.05, 3.63) is 5.01 Å². The number of aromatic nitrogens is 2. The summed E-state index contributed by atoms with van der Waals surface area (Å²) in [4.78, 5) is 13.9. The Balaban J connectivity index is 1.83.